The normalized spacial score (nSPS) is 13.4. The van der Waals surface area contributed by atoms with Crippen molar-refractivity contribution >= 4 is 11.8 Å². The van der Waals surface area contributed by atoms with E-state index in [1.54, 1.807) is 0 Å². The molecule has 0 fully saturated rings. The first-order valence-electron chi connectivity index (χ1n) is 12.5. The molecule has 1 heterocycles. The van der Waals surface area contributed by atoms with Gasteiger partial charge in [0.15, 0.2) is 0 Å². The molecule has 0 aromatic rings. The molecular weight excluding hydrogens is 497 g/mol. The van der Waals surface area contributed by atoms with Crippen LogP contribution in [0.2, 0.25) is 0 Å². The molecule has 13 heteroatoms. The number of imide groups is 1. The summed E-state index contributed by atoms with van der Waals surface area (Å²) in [6.07, 6.45) is 2.50. The molecule has 0 atom stereocenters. The molecule has 216 valence electrons. The highest BCUT2D eigenvalue weighted by molar-refractivity contribution is 6.12. The molecule has 1 aliphatic rings. The lowest BCUT2D eigenvalue weighted by Crippen LogP contribution is -2.33. The van der Waals surface area contributed by atoms with Gasteiger partial charge in [-0.05, 0) is 0 Å². The van der Waals surface area contributed by atoms with Crippen molar-refractivity contribution in [1.82, 2.24) is 4.90 Å². The van der Waals surface area contributed by atoms with E-state index in [9.17, 15) is 14.0 Å². The second-order valence-electron chi connectivity index (χ2n) is 7.36. The molecule has 0 aromatic heterocycles. The molecule has 0 bridgehead atoms. The third kappa shape index (κ3) is 21.1. The summed E-state index contributed by atoms with van der Waals surface area (Å²) in [6, 6.07) is 0. The van der Waals surface area contributed by atoms with Gasteiger partial charge in [0.25, 0.3) is 11.8 Å². The van der Waals surface area contributed by atoms with E-state index in [4.69, 9.17) is 42.6 Å². The fourth-order valence-electron chi connectivity index (χ4n) is 2.72. The van der Waals surface area contributed by atoms with Crippen molar-refractivity contribution in [3.8, 4) is 0 Å². The Kier molecular flexibility index (Phi) is 23.6. The van der Waals surface area contributed by atoms with Gasteiger partial charge in [-0.25, -0.2) is 4.39 Å². The minimum absolute atomic E-state index is 0.108. The van der Waals surface area contributed by atoms with Crippen LogP contribution in [0.1, 0.15) is 0 Å². The minimum Gasteiger partial charge on any atom is -0.377 e. The lowest BCUT2D eigenvalue weighted by Gasteiger charge is -2.13. The van der Waals surface area contributed by atoms with E-state index in [0.717, 1.165) is 4.90 Å². The van der Waals surface area contributed by atoms with Crippen LogP contribution in [0, 0.1) is 0 Å². The molecule has 0 unspecified atom stereocenters. The zero-order valence-corrected chi connectivity index (χ0v) is 21.6. The second-order valence-corrected chi connectivity index (χ2v) is 7.36. The van der Waals surface area contributed by atoms with Crippen molar-refractivity contribution in [2.24, 2.45) is 0 Å². The van der Waals surface area contributed by atoms with Gasteiger partial charge in [-0.1, -0.05) is 0 Å². The molecule has 0 aromatic carbocycles. The summed E-state index contributed by atoms with van der Waals surface area (Å²) in [5.74, 6) is -0.617. The van der Waals surface area contributed by atoms with Gasteiger partial charge in [0, 0.05) is 12.2 Å². The van der Waals surface area contributed by atoms with E-state index >= 15 is 0 Å². The van der Waals surface area contributed by atoms with Crippen LogP contribution in [0.4, 0.5) is 4.39 Å². The zero-order valence-electron chi connectivity index (χ0n) is 21.6. The number of hydrogen-bond donors (Lipinski definition) is 0. The van der Waals surface area contributed by atoms with Crippen LogP contribution in [0.5, 0.6) is 0 Å². The number of nitrogens with zero attached hydrogens (tertiary/aromatic N) is 1. The van der Waals surface area contributed by atoms with E-state index < -0.39 is 6.67 Å². The Morgan fingerprint density at radius 3 is 0.946 bits per heavy atom. The monoisotopic (exact) mass is 539 g/mol. The average Bonchev–Trinajstić information content (AvgIpc) is 3.22. The predicted octanol–water partition coefficient (Wildman–Crippen LogP) is 0.0303. The molecule has 1 aliphatic heterocycles. The molecule has 37 heavy (non-hydrogen) atoms. The van der Waals surface area contributed by atoms with Crippen LogP contribution < -0.4 is 0 Å². The van der Waals surface area contributed by atoms with Gasteiger partial charge in [-0.2, -0.15) is 0 Å². The maximum absolute atomic E-state index is 11.8. The van der Waals surface area contributed by atoms with Crippen LogP contribution in [0.3, 0.4) is 0 Å². The summed E-state index contributed by atoms with van der Waals surface area (Å²) in [7, 11) is 0. The quantitative estimate of drug-likeness (QED) is 0.0946. The van der Waals surface area contributed by atoms with Crippen LogP contribution in [0.25, 0.3) is 0 Å². The summed E-state index contributed by atoms with van der Waals surface area (Å²) in [5.41, 5.74) is 0. The Morgan fingerprint density at radius 2 is 0.676 bits per heavy atom. The first kappa shape index (κ1) is 33.5. The fraction of sp³-hybridized carbons (Fsp3) is 0.833. The second kappa shape index (κ2) is 26.1. The molecule has 0 radical (unpaired) electrons. The SMILES string of the molecule is O=C1C=CC(=O)N1CCOCCOCCOCCOCCOCCOCCOCCOCCOCCF. The smallest absolute Gasteiger partial charge is 0.253 e. The van der Waals surface area contributed by atoms with Gasteiger partial charge in [-0.3, -0.25) is 14.5 Å². The predicted molar refractivity (Wildman–Crippen MR) is 129 cm³/mol. The maximum Gasteiger partial charge on any atom is 0.253 e. The van der Waals surface area contributed by atoms with Gasteiger partial charge >= 0.3 is 0 Å². The first-order valence-corrected chi connectivity index (χ1v) is 12.5. The molecule has 0 saturated carbocycles. The molecule has 2 amide bonds. The maximum atomic E-state index is 11.8. The van der Waals surface area contributed by atoms with E-state index in [1.165, 1.54) is 12.2 Å². The van der Waals surface area contributed by atoms with Crippen LogP contribution in [-0.4, -0.2) is 149 Å². The first-order chi connectivity index (χ1) is 18.3. The van der Waals surface area contributed by atoms with E-state index in [0.29, 0.717) is 106 Å². The molecule has 1 rings (SSSR count). The number of carbonyl (C=O) groups excluding carboxylic acids is 2. The van der Waals surface area contributed by atoms with Gasteiger partial charge in [0.05, 0.1) is 125 Å². The highest BCUT2D eigenvalue weighted by Crippen LogP contribution is 2.02. The van der Waals surface area contributed by atoms with Gasteiger partial charge in [0.2, 0.25) is 0 Å². The number of rotatable bonds is 29. The molecule has 0 N–H and O–H groups in total. The molecule has 12 nitrogen and oxygen atoms in total. The molecule has 0 aliphatic carbocycles. The number of carbonyl (C=O) groups is 2. The molecule has 0 saturated heterocycles. The Bertz CT molecular complexity index is 565. The van der Waals surface area contributed by atoms with Crippen LogP contribution >= 0.6 is 0 Å². The van der Waals surface area contributed by atoms with Gasteiger partial charge < -0.3 is 42.6 Å². The summed E-state index contributed by atoms with van der Waals surface area (Å²) >= 11 is 0. The number of hydrogen-bond acceptors (Lipinski definition) is 11. The zero-order chi connectivity index (χ0) is 26.7. The van der Waals surface area contributed by atoms with Crippen molar-refractivity contribution in [2.45, 2.75) is 0 Å². The van der Waals surface area contributed by atoms with E-state index in [2.05, 4.69) is 0 Å². The van der Waals surface area contributed by atoms with Crippen LogP contribution in [-0.2, 0) is 52.2 Å². The third-order valence-electron chi connectivity index (χ3n) is 4.56. The largest absolute Gasteiger partial charge is 0.377 e. The Balaban J connectivity index is 1.64. The summed E-state index contributed by atoms with van der Waals surface area (Å²) < 4.78 is 59.7. The Labute approximate surface area is 218 Å². The van der Waals surface area contributed by atoms with E-state index in [-0.39, 0.29) is 31.6 Å². The number of halogens is 1. The number of amides is 2. The third-order valence-corrected chi connectivity index (χ3v) is 4.56. The Hall–Kier alpha value is -1.55. The molecular formula is C24H42FNO11. The molecule has 0 spiro atoms. The van der Waals surface area contributed by atoms with Crippen molar-refractivity contribution < 1.29 is 56.6 Å². The fourth-order valence-corrected chi connectivity index (χ4v) is 2.72. The van der Waals surface area contributed by atoms with Gasteiger partial charge in [0.1, 0.15) is 6.67 Å². The highest BCUT2D eigenvalue weighted by Gasteiger charge is 2.22. The highest BCUT2D eigenvalue weighted by atomic mass is 19.1. The average molecular weight is 540 g/mol. The Morgan fingerprint density at radius 1 is 0.432 bits per heavy atom. The summed E-state index contributed by atoms with van der Waals surface area (Å²) in [5, 5.41) is 0. The topological polar surface area (TPSA) is 120 Å². The van der Waals surface area contributed by atoms with Gasteiger partial charge in [-0.15, -0.1) is 0 Å². The lowest BCUT2D eigenvalue weighted by atomic mass is 10.5. The number of alkyl halides is 1. The van der Waals surface area contributed by atoms with Crippen molar-refractivity contribution in [1.29, 1.82) is 0 Å². The summed E-state index contributed by atoms with van der Waals surface area (Å²) in [4.78, 5) is 23.9. The van der Waals surface area contributed by atoms with Crippen molar-refractivity contribution in [2.75, 3.05) is 132 Å². The lowest BCUT2D eigenvalue weighted by molar-refractivity contribution is -0.137. The van der Waals surface area contributed by atoms with Crippen molar-refractivity contribution in [3.63, 3.8) is 0 Å². The van der Waals surface area contributed by atoms with Crippen molar-refractivity contribution in [3.05, 3.63) is 12.2 Å². The van der Waals surface area contributed by atoms with E-state index in [1.807, 2.05) is 0 Å². The number of ether oxygens (including phenoxy) is 9. The standard InChI is InChI=1S/C24H42FNO11/c25-3-5-29-7-9-31-11-13-33-15-17-35-19-21-37-22-20-36-18-16-34-14-12-32-10-8-30-6-4-26-23(27)1-2-24(26)28/h1-2H,3-22H2. The summed E-state index contributed by atoms with van der Waals surface area (Å²) in [6.45, 7) is 7.38. The van der Waals surface area contributed by atoms with Crippen LogP contribution in [0.15, 0.2) is 12.2 Å². The minimum atomic E-state index is -0.480.